The lowest BCUT2D eigenvalue weighted by Gasteiger charge is -2.14. The first-order valence-corrected chi connectivity index (χ1v) is 7.93. The summed E-state index contributed by atoms with van der Waals surface area (Å²) in [4.78, 5) is 18.2. The number of carbonyl (C=O) groups excluding carboxylic acids is 1. The number of hydrogen-bond donors (Lipinski definition) is 1. The van der Waals surface area contributed by atoms with Gasteiger partial charge in [0, 0.05) is 12.4 Å². The second kappa shape index (κ2) is 5.66. The van der Waals surface area contributed by atoms with Crippen molar-refractivity contribution in [1.29, 1.82) is 0 Å². The lowest BCUT2D eigenvalue weighted by molar-refractivity contribution is 0.0817. The van der Waals surface area contributed by atoms with Crippen molar-refractivity contribution >= 4 is 22.5 Å². The minimum Gasteiger partial charge on any atom is -0.496 e. The Bertz CT molecular complexity index is 1080. The standard InChI is InChI=1S/C19H15F2N3O2/c1-24-8-12-16(19(24)25)17(22)9-6-7-11(21)15(18(9)23-12)14-10(20)4-3-5-13(14)26-2/h3-7H,8H2,1-2H3,(H2,22,23). The predicted molar refractivity (Wildman–Crippen MR) is 93.9 cm³/mol. The number of rotatable bonds is 2. The molecule has 4 rings (SSSR count). The van der Waals surface area contributed by atoms with Crippen LogP contribution in [-0.2, 0) is 6.54 Å². The molecule has 7 heteroatoms. The van der Waals surface area contributed by atoms with E-state index in [0.29, 0.717) is 16.6 Å². The molecular formula is C19H15F2N3O2. The van der Waals surface area contributed by atoms with E-state index in [9.17, 15) is 13.6 Å². The molecule has 5 nitrogen and oxygen atoms in total. The Kier molecular flexibility index (Phi) is 3.54. The van der Waals surface area contributed by atoms with Gasteiger partial charge in [0.15, 0.2) is 0 Å². The zero-order valence-corrected chi connectivity index (χ0v) is 14.1. The highest BCUT2D eigenvalue weighted by atomic mass is 19.1. The Balaban J connectivity index is 2.13. The Morgan fingerprint density at radius 2 is 1.85 bits per heavy atom. The number of benzene rings is 2. The molecule has 132 valence electrons. The van der Waals surface area contributed by atoms with Gasteiger partial charge in [0.2, 0.25) is 0 Å². The number of nitrogens with two attached hydrogens (primary N) is 1. The largest absolute Gasteiger partial charge is 0.496 e. The number of nitrogen functional groups attached to an aromatic ring is 1. The molecule has 26 heavy (non-hydrogen) atoms. The van der Waals surface area contributed by atoms with E-state index in [0.717, 1.165) is 0 Å². The second-order valence-electron chi connectivity index (χ2n) is 6.14. The van der Waals surface area contributed by atoms with Crippen molar-refractivity contribution in [3.63, 3.8) is 0 Å². The van der Waals surface area contributed by atoms with E-state index in [1.54, 1.807) is 13.1 Å². The minimum atomic E-state index is -0.648. The number of ether oxygens (including phenoxy) is 1. The zero-order valence-electron chi connectivity index (χ0n) is 14.1. The number of anilines is 1. The molecule has 1 aliphatic rings. The first-order chi connectivity index (χ1) is 12.4. The van der Waals surface area contributed by atoms with Gasteiger partial charge in [0.1, 0.15) is 17.4 Å². The fraction of sp³-hybridized carbons (Fsp3) is 0.158. The smallest absolute Gasteiger partial charge is 0.258 e. The molecule has 0 fully saturated rings. The predicted octanol–water partition coefficient (Wildman–Crippen LogP) is 3.36. The third-order valence-electron chi connectivity index (χ3n) is 4.61. The average Bonchev–Trinajstić information content (AvgIpc) is 2.90. The molecule has 1 aromatic heterocycles. The van der Waals surface area contributed by atoms with Gasteiger partial charge in [-0.3, -0.25) is 4.79 Å². The molecule has 1 aliphatic heterocycles. The number of halogens is 2. The van der Waals surface area contributed by atoms with Crippen LogP contribution >= 0.6 is 0 Å². The van der Waals surface area contributed by atoms with Gasteiger partial charge in [-0.05, 0) is 24.3 Å². The summed E-state index contributed by atoms with van der Waals surface area (Å²) in [6, 6.07) is 6.90. The highest BCUT2D eigenvalue weighted by Gasteiger charge is 2.31. The quantitative estimate of drug-likeness (QED) is 0.765. The van der Waals surface area contributed by atoms with E-state index < -0.39 is 11.6 Å². The zero-order chi connectivity index (χ0) is 18.6. The molecule has 0 atom stereocenters. The molecule has 2 N–H and O–H groups in total. The van der Waals surface area contributed by atoms with E-state index in [-0.39, 0.29) is 40.5 Å². The number of carbonyl (C=O) groups is 1. The number of methoxy groups -OCH3 is 1. The van der Waals surface area contributed by atoms with Crippen LogP contribution in [0.3, 0.4) is 0 Å². The Labute approximate surface area is 148 Å². The van der Waals surface area contributed by atoms with Crippen molar-refractivity contribution in [2.75, 3.05) is 19.9 Å². The third-order valence-corrected chi connectivity index (χ3v) is 4.61. The van der Waals surface area contributed by atoms with Gasteiger partial charge in [-0.25, -0.2) is 13.8 Å². The van der Waals surface area contributed by atoms with Crippen molar-refractivity contribution in [3.05, 3.63) is 53.2 Å². The van der Waals surface area contributed by atoms with Crippen molar-refractivity contribution in [3.8, 4) is 16.9 Å². The lowest BCUT2D eigenvalue weighted by Crippen LogP contribution is -2.18. The summed E-state index contributed by atoms with van der Waals surface area (Å²) < 4.78 is 34.5. The van der Waals surface area contributed by atoms with Gasteiger partial charge < -0.3 is 15.4 Å². The Morgan fingerprint density at radius 1 is 1.12 bits per heavy atom. The number of hydrogen-bond acceptors (Lipinski definition) is 4. The van der Waals surface area contributed by atoms with Crippen LogP contribution < -0.4 is 10.5 Å². The van der Waals surface area contributed by atoms with E-state index in [4.69, 9.17) is 10.5 Å². The fourth-order valence-corrected chi connectivity index (χ4v) is 3.38. The normalized spacial score (nSPS) is 13.4. The number of amides is 1. The molecule has 2 heterocycles. The molecular weight excluding hydrogens is 340 g/mol. The van der Waals surface area contributed by atoms with E-state index in [2.05, 4.69) is 4.98 Å². The summed E-state index contributed by atoms with van der Waals surface area (Å²) in [7, 11) is 3.02. The van der Waals surface area contributed by atoms with E-state index >= 15 is 0 Å². The summed E-state index contributed by atoms with van der Waals surface area (Å²) >= 11 is 0. The van der Waals surface area contributed by atoms with Crippen molar-refractivity contribution in [2.45, 2.75) is 6.54 Å². The summed E-state index contributed by atoms with van der Waals surface area (Å²) in [6.45, 7) is 0.263. The number of fused-ring (bicyclic) bond motifs is 2. The number of pyridine rings is 1. The van der Waals surface area contributed by atoms with Crippen LogP contribution in [0.25, 0.3) is 22.0 Å². The van der Waals surface area contributed by atoms with Gasteiger partial charge in [-0.2, -0.15) is 0 Å². The topological polar surface area (TPSA) is 68.5 Å². The van der Waals surface area contributed by atoms with Crippen LogP contribution in [0.15, 0.2) is 30.3 Å². The van der Waals surface area contributed by atoms with Crippen molar-refractivity contribution < 1.29 is 18.3 Å². The molecule has 0 spiro atoms. The maximum absolute atomic E-state index is 14.8. The molecule has 2 aromatic carbocycles. The maximum Gasteiger partial charge on any atom is 0.258 e. The van der Waals surface area contributed by atoms with Crippen molar-refractivity contribution in [1.82, 2.24) is 9.88 Å². The summed E-state index contributed by atoms with van der Waals surface area (Å²) in [5.41, 5.74) is 7.32. The number of nitrogens with zero attached hydrogens (tertiary/aromatic N) is 2. The van der Waals surface area contributed by atoms with E-state index in [1.807, 2.05) is 0 Å². The van der Waals surface area contributed by atoms with Crippen LogP contribution in [0.5, 0.6) is 5.75 Å². The van der Waals surface area contributed by atoms with Crippen LogP contribution in [0.2, 0.25) is 0 Å². The molecule has 0 radical (unpaired) electrons. The van der Waals surface area contributed by atoms with Crippen LogP contribution in [0.4, 0.5) is 14.5 Å². The minimum absolute atomic E-state index is 0.0253. The highest BCUT2D eigenvalue weighted by molar-refractivity contribution is 6.11. The first kappa shape index (κ1) is 16.3. The van der Waals surface area contributed by atoms with Gasteiger partial charge in [0.25, 0.3) is 5.91 Å². The van der Waals surface area contributed by atoms with Crippen LogP contribution in [0, 0.1) is 11.6 Å². The maximum atomic E-state index is 14.8. The molecule has 0 aliphatic carbocycles. The SMILES string of the molecule is COc1cccc(F)c1-c1c(F)ccc2c(N)c3c(nc12)CN(C)C3=O. The third kappa shape index (κ3) is 2.13. The summed E-state index contributed by atoms with van der Waals surface area (Å²) in [5, 5.41) is 0.397. The molecule has 0 bridgehead atoms. The van der Waals surface area contributed by atoms with Crippen LogP contribution in [-0.4, -0.2) is 29.9 Å². The van der Waals surface area contributed by atoms with Gasteiger partial charge >= 0.3 is 0 Å². The highest BCUT2D eigenvalue weighted by Crippen LogP contribution is 2.41. The summed E-state index contributed by atoms with van der Waals surface area (Å²) in [5.74, 6) is -1.33. The fourth-order valence-electron chi connectivity index (χ4n) is 3.38. The van der Waals surface area contributed by atoms with E-state index in [1.165, 1.54) is 36.3 Å². The molecule has 0 unspecified atom stereocenters. The average molecular weight is 355 g/mol. The molecule has 0 saturated carbocycles. The Hall–Kier alpha value is -3.22. The monoisotopic (exact) mass is 355 g/mol. The lowest BCUT2D eigenvalue weighted by atomic mass is 9.97. The number of aromatic nitrogens is 1. The molecule has 0 saturated heterocycles. The van der Waals surface area contributed by atoms with Crippen LogP contribution in [0.1, 0.15) is 16.1 Å². The van der Waals surface area contributed by atoms with Gasteiger partial charge in [0.05, 0.1) is 47.2 Å². The van der Waals surface area contributed by atoms with Gasteiger partial charge in [-0.15, -0.1) is 0 Å². The van der Waals surface area contributed by atoms with Gasteiger partial charge in [-0.1, -0.05) is 6.07 Å². The summed E-state index contributed by atoms with van der Waals surface area (Å²) in [6.07, 6.45) is 0. The Morgan fingerprint density at radius 3 is 2.58 bits per heavy atom. The van der Waals surface area contributed by atoms with Crippen molar-refractivity contribution in [2.24, 2.45) is 0 Å². The first-order valence-electron chi connectivity index (χ1n) is 7.93. The molecule has 3 aromatic rings. The second-order valence-corrected chi connectivity index (χ2v) is 6.14. The molecule has 1 amide bonds.